The lowest BCUT2D eigenvalue weighted by molar-refractivity contribution is 0.477. The van der Waals surface area contributed by atoms with E-state index in [1.165, 1.54) is 6.42 Å². The second-order valence-electron chi connectivity index (χ2n) is 5.78. The number of benzene rings is 1. The Morgan fingerprint density at radius 3 is 2.58 bits per heavy atom. The number of hydrogen-bond donors (Lipinski definition) is 1. The maximum Gasteiger partial charge on any atom is 0.0441 e. The summed E-state index contributed by atoms with van der Waals surface area (Å²) in [5.41, 5.74) is 1.14. The third-order valence-electron chi connectivity index (χ3n) is 3.48. The van der Waals surface area contributed by atoms with E-state index in [-0.39, 0.29) is 0 Å². The van der Waals surface area contributed by atoms with Crippen molar-refractivity contribution in [1.82, 2.24) is 5.32 Å². The summed E-state index contributed by atoms with van der Waals surface area (Å²) in [6, 6.07) is 5.78. The van der Waals surface area contributed by atoms with Gasteiger partial charge in [0.15, 0.2) is 0 Å². The van der Waals surface area contributed by atoms with E-state index >= 15 is 0 Å². The summed E-state index contributed by atoms with van der Waals surface area (Å²) in [6.45, 7) is 8.85. The summed E-state index contributed by atoms with van der Waals surface area (Å²) in [5.74, 6) is 1.43. The third kappa shape index (κ3) is 4.55. The zero-order valence-corrected chi connectivity index (χ0v) is 13.1. The summed E-state index contributed by atoms with van der Waals surface area (Å²) in [5, 5.41) is 4.97. The fourth-order valence-electron chi connectivity index (χ4n) is 2.53. The van der Waals surface area contributed by atoms with E-state index in [1.54, 1.807) is 6.07 Å². The monoisotopic (exact) mass is 300 g/mol. The quantitative estimate of drug-likeness (QED) is 0.882. The largest absolute Gasteiger partial charge is 0.371 e. The Morgan fingerprint density at radius 1 is 1.26 bits per heavy atom. The van der Waals surface area contributed by atoms with E-state index in [2.05, 4.69) is 24.1 Å². The molecule has 0 saturated carbocycles. The van der Waals surface area contributed by atoms with Crippen molar-refractivity contribution in [3.63, 3.8) is 0 Å². The van der Waals surface area contributed by atoms with E-state index in [0.29, 0.717) is 16.0 Å². The molecule has 1 aromatic carbocycles. The summed E-state index contributed by atoms with van der Waals surface area (Å²) < 4.78 is 0. The first-order valence-electron chi connectivity index (χ1n) is 6.96. The molecule has 1 heterocycles. The zero-order valence-electron chi connectivity index (χ0n) is 11.6. The number of nitrogens with zero attached hydrogens (tertiary/aromatic N) is 1. The predicted octanol–water partition coefficient (Wildman–Crippen LogP) is 4.07. The number of rotatable bonds is 5. The Labute approximate surface area is 126 Å². The average Bonchev–Trinajstić information content (AvgIpc) is 2.76. The van der Waals surface area contributed by atoms with Crippen molar-refractivity contribution in [3.8, 4) is 0 Å². The van der Waals surface area contributed by atoms with Gasteiger partial charge in [-0.15, -0.1) is 0 Å². The normalized spacial score (nSPS) is 19.4. The molecule has 2 nitrogen and oxygen atoms in total. The number of halogens is 2. The first-order valence-corrected chi connectivity index (χ1v) is 7.72. The van der Waals surface area contributed by atoms with Crippen LogP contribution in [0.3, 0.4) is 0 Å². The van der Waals surface area contributed by atoms with Crippen molar-refractivity contribution in [1.29, 1.82) is 0 Å². The molecule has 2 rings (SSSR count). The molecule has 0 aromatic heterocycles. The Balaban J connectivity index is 1.87. The minimum atomic E-state index is 0.712. The van der Waals surface area contributed by atoms with E-state index in [4.69, 9.17) is 23.2 Å². The van der Waals surface area contributed by atoms with Crippen LogP contribution in [-0.2, 0) is 0 Å². The molecule has 106 valence electrons. The molecule has 0 amide bonds. The summed E-state index contributed by atoms with van der Waals surface area (Å²) in [4.78, 5) is 2.37. The number of nitrogens with one attached hydrogen (secondary N) is 1. The second-order valence-corrected chi connectivity index (χ2v) is 6.65. The standard InChI is InChI=1S/C15H22Cl2N2/c1-11(2)8-18-9-12-3-4-19(10-12)15-6-13(16)5-14(17)7-15/h5-7,11-12,18H,3-4,8-10H2,1-2H3. The van der Waals surface area contributed by atoms with E-state index in [0.717, 1.165) is 37.8 Å². The highest BCUT2D eigenvalue weighted by Crippen LogP contribution is 2.29. The highest BCUT2D eigenvalue weighted by Gasteiger charge is 2.22. The van der Waals surface area contributed by atoms with Crippen LogP contribution in [0.2, 0.25) is 10.0 Å². The lowest BCUT2D eigenvalue weighted by Crippen LogP contribution is -2.28. The molecule has 0 radical (unpaired) electrons. The molecule has 1 N–H and O–H groups in total. The smallest absolute Gasteiger partial charge is 0.0441 e. The molecule has 1 unspecified atom stereocenters. The molecular weight excluding hydrogens is 279 g/mol. The lowest BCUT2D eigenvalue weighted by Gasteiger charge is -2.19. The van der Waals surface area contributed by atoms with Crippen molar-refractivity contribution in [2.24, 2.45) is 11.8 Å². The molecule has 1 aliphatic rings. The van der Waals surface area contributed by atoms with Crippen LogP contribution in [0.4, 0.5) is 5.69 Å². The minimum absolute atomic E-state index is 0.712. The van der Waals surface area contributed by atoms with Gasteiger partial charge in [0.1, 0.15) is 0 Å². The Hall–Kier alpha value is -0.440. The fraction of sp³-hybridized carbons (Fsp3) is 0.600. The lowest BCUT2D eigenvalue weighted by atomic mass is 10.1. The molecule has 1 aromatic rings. The summed E-state index contributed by atoms with van der Waals surface area (Å²) in [6.07, 6.45) is 1.23. The molecule has 0 aliphatic carbocycles. The third-order valence-corrected chi connectivity index (χ3v) is 3.92. The van der Waals surface area contributed by atoms with Crippen molar-refractivity contribution in [3.05, 3.63) is 28.2 Å². The highest BCUT2D eigenvalue weighted by atomic mass is 35.5. The average molecular weight is 301 g/mol. The fourth-order valence-corrected chi connectivity index (χ4v) is 3.05. The second kappa shape index (κ2) is 6.83. The molecule has 1 fully saturated rings. The molecule has 0 spiro atoms. The molecular formula is C15H22Cl2N2. The summed E-state index contributed by atoms with van der Waals surface area (Å²) in [7, 11) is 0. The highest BCUT2D eigenvalue weighted by molar-refractivity contribution is 6.35. The van der Waals surface area contributed by atoms with Gasteiger partial charge < -0.3 is 10.2 Å². The molecule has 1 atom stereocenters. The van der Waals surface area contributed by atoms with Gasteiger partial charge in [0, 0.05) is 28.8 Å². The number of anilines is 1. The van der Waals surface area contributed by atoms with Gasteiger partial charge in [0.2, 0.25) is 0 Å². The molecule has 4 heteroatoms. The van der Waals surface area contributed by atoms with Gasteiger partial charge in [-0.05, 0) is 49.5 Å². The first-order chi connectivity index (χ1) is 9.04. The van der Waals surface area contributed by atoms with Gasteiger partial charge in [0.25, 0.3) is 0 Å². The topological polar surface area (TPSA) is 15.3 Å². The SMILES string of the molecule is CC(C)CNCC1CCN(c2cc(Cl)cc(Cl)c2)C1. The van der Waals surface area contributed by atoms with E-state index in [9.17, 15) is 0 Å². The van der Waals surface area contributed by atoms with E-state index in [1.807, 2.05) is 12.1 Å². The molecule has 0 bridgehead atoms. The van der Waals surface area contributed by atoms with Gasteiger partial charge in [0.05, 0.1) is 0 Å². The molecule has 19 heavy (non-hydrogen) atoms. The summed E-state index contributed by atoms with van der Waals surface area (Å²) >= 11 is 12.1. The van der Waals surface area contributed by atoms with Crippen LogP contribution in [0.5, 0.6) is 0 Å². The maximum absolute atomic E-state index is 6.06. The molecule has 1 aliphatic heterocycles. The van der Waals surface area contributed by atoms with Gasteiger partial charge in [-0.3, -0.25) is 0 Å². The first kappa shape index (κ1) is 15.0. The van der Waals surface area contributed by atoms with Crippen molar-refractivity contribution in [2.45, 2.75) is 20.3 Å². The van der Waals surface area contributed by atoms with Crippen LogP contribution >= 0.6 is 23.2 Å². The Morgan fingerprint density at radius 2 is 1.95 bits per heavy atom. The van der Waals surface area contributed by atoms with Crippen molar-refractivity contribution in [2.75, 3.05) is 31.1 Å². The van der Waals surface area contributed by atoms with Gasteiger partial charge >= 0.3 is 0 Å². The van der Waals surface area contributed by atoms with Gasteiger partial charge in [-0.1, -0.05) is 37.0 Å². The van der Waals surface area contributed by atoms with Crippen LogP contribution < -0.4 is 10.2 Å². The Bertz CT molecular complexity index is 400. The molecule has 1 saturated heterocycles. The maximum atomic E-state index is 6.06. The van der Waals surface area contributed by atoms with Crippen LogP contribution in [0.15, 0.2) is 18.2 Å². The van der Waals surface area contributed by atoms with Gasteiger partial charge in [-0.25, -0.2) is 0 Å². The predicted molar refractivity (Wildman–Crippen MR) is 84.5 cm³/mol. The van der Waals surface area contributed by atoms with E-state index < -0.39 is 0 Å². The van der Waals surface area contributed by atoms with Gasteiger partial charge in [-0.2, -0.15) is 0 Å². The zero-order chi connectivity index (χ0) is 13.8. The Kier molecular flexibility index (Phi) is 5.37. The van der Waals surface area contributed by atoms with Crippen LogP contribution in [0.25, 0.3) is 0 Å². The van der Waals surface area contributed by atoms with Crippen LogP contribution in [0.1, 0.15) is 20.3 Å². The van der Waals surface area contributed by atoms with Crippen LogP contribution in [0, 0.1) is 11.8 Å². The minimum Gasteiger partial charge on any atom is -0.371 e. The van der Waals surface area contributed by atoms with Crippen molar-refractivity contribution < 1.29 is 0 Å². The van der Waals surface area contributed by atoms with Crippen LogP contribution in [-0.4, -0.2) is 26.2 Å². The number of hydrogen-bond acceptors (Lipinski definition) is 2. The van der Waals surface area contributed by atoms with Crippen molar-refractivity contribution >= 4 is 28.9 Å².